The van der Waals surface area contributed by atoms with Gasteiger partial charge in [-0.25, -0.2) is 0 Å². The molecular formula is C16H21N3OS. The van der Waals surface area contributed by atoms with E-state index in [1.807, 2.05) is 30.0 Å². The fourth-order valence-corrected chi connectivity index (χ4v) is 3.75. The highest BCUT2D eigenvalue weighted by molar-refractivity contribution is 7.99. The summed E-state index contributed by atoms with van der Waals surface area (Å²) >= 11 is 1.96. The van der Waals surface area contributed by atoms with Gasteiger partial charge in [0.15, 0.2) is 0 Å². The summed E-state index contributed by atoms with van der Waals surface area (Å²) in [6.07, 6.45) is 2.22. The van der Waals surface area contributed by atoms with Gasteiger partial charge in [0.1, 0.15) is 6.04 Å². The second-order valence-electron chi connectivity index (χ2n) is 5.34. The molecule has 1 aromatic carbocycles. The molecule has 2 atom stereocenters. The Morgan fingerprint density at radius 1 is 1.33 bits per heavy atom. The quantitative estimate of drug-likeness (QED) is 0.886. The Balaban J connectivity index is 1.82. The van der Waals surface area contributed by atoms with Gasteiger partial charge in [-0.05, 0) is 30.7 Å². The van der Waals surface area contributed by atoms with E-state index in [1.54, 1.807) is 0 Å². The van der Waals surface area contributed by atoms with Crippen LogP contribution in [0.15, 0.2) is 34.7 Å². The Labute approximate surface area is 129 Å². The van der Waals surface area contributed by atoms with Crippen LogP contribution in [0.4, 0.5) is 0 Å². The van der Waals surface area contributed by atoms with Gasteiger partial charge in [0.05, 0.1) is 0 Å². The lowest BCUT2D eigenvalue weighted by molar-refractivity contribution is 0.390. The summed E-state index contributed by atoms with van der Waals surface area (Å²) in [5, 5.41) is 12.1. The van der Waals surface area contributed by atoms with Gasteiger partial charge in [-0.2, -0.15) is 11.8 Å². The molecule has 0 saturated carbocycles. The van der Waals surface area contributed by atoms with Crippen LogP contribution in [0.2, 0.25) is 0 Å². The van der Waals surface area contributed by atoms with Crippen molar-refractivity contribution >= 4 is 11.8 Å². The summed E-state index contributed by atoms with van der Waals surface area (Å²) in [5.74, 6) is 4.20. The minimum absolute atomic E-state index is 0.0125. The third-order valence-electron chi connectivity index (χ3n) is 3.71. The van der Waals surface area contributed by atoms with E-state index in [4.69, 9.17) is 4.42 Å². The molecule has 3 rings (SSSR count). The Kier molecular flexibility index (Phi) is 4.93. The number of nitrogens with zero attached hydrogens (tertiary/aromatic N) is 2. The second kappa shape index (κ2) is 7.09. The number of thioether (sulfide) groups is 1. The van der Waals surface area contributed by atoms with E-state index in [-0.39, 0.29) is 6.04 Å². The van der Waals surface area contributed by atoms with Crippen molar-refractivity contribution in [2.24, 2.45) is 0 Å². The van der Waals surface area contributed by atoms with Crippen LogP contribution in [0.25, 0.3) is 0 Å². The number of nitrogens with one attached hydrogen (secondary N) is 1. The number of hydrogen-bond acceptors (Lipinski definition) is 5. The Morgan fingerprint density at radius 3 is 2.90 bits per heavy atom. The Morgan fingerprint density at radius 2 is 2.19 bits per heavy atom. The summed E-state index contributed by atoms with van der Waals surface area (Å²) in [6, 6.07) is 10.3. The first kappa shape index (κ1) is 14.6. The van der Waals surface area contributed by atoms with E-state index >= 15 is 0 Å². The molecule has 1 saturated heterocycles. The summed E-state index contributed by atoms with van der Waals surface area (Å²) in [5.41, 5.74) is 1.17. The molecule has 2 heterocycles. The lowest BCUT2D eigenvalue weighted by Gasteiger charge is -2.15. The van der Waals surface area contributed by atoms with E-state index in [2.05, 4.69) is 34.6 Å². The van der Waals surface area contributed by atoms with Gasteiger partial charge in [0.25, 0.3) is 0 Å². The first-order valence-electron chi connectivity index (χ1n) is 7.58. The van der Waals surface area contributed by atoms with Crippen molar-refractivity contribution in [3.63, 3.8) is 0 Å². The molecule has 1 fully saturated rings. The maximum Gasteiger partial charge on any atom is 0.237 e. The van der Waals surface area contributed by atoms with Gasteiger partial charge in [-0.15, -0.1) is 10.2 Å². The van der Waals surface area contributed by atoms with Crippen molar-refractivity contribution in [1.82, 2.24) is 15.5 Å². The third-order valence-corrected chi connectivity index (χ3v) is 4.88. The lowest BCUT2D eigenvalue weighted by Crippen LogP contribution is -2.23. The summed E-state index contributed by atoms with van der Waals surface area (Å²) in [4.78, 5) is 0. The minimum Gasteiger partial charge on any atom is -0.423 e. The number of rotatable bonds is 6. The van der Waals surface area contributed by atoms with Crippen molar-refractivity contribution in [2.75, 3.05) is 18.1 Å². The molecule has 0 amide bonds. The maximum atomic E-state index is 5.98. The zero-order chi connectivity index (χ0) is 14.5. The molecule has 2 unspecified atom stereocenters. The van der Waals surface area contributed by atoms with E-state index in [1.165, 1.54) is 11.3 Å². The van der Waals surface area contributed by atoms with Crippen molar-refractivity contribution in [3.05, 3.63) is 47.7 Å². The highest BCUT2D eigenvalue weighted by Gasteiger charge is 2.26. The topological polar surface area (TPSA) is 51.0 Å². The predicted molar refractivity (Wildman–Crippen MR) is 85.6 cm³/mol. The molecule has 112 valence electrons. The molecule has 1 aromatic heterocycles. The van der Waals surface area contributed by atoms with Crippen LogP contribution in [0.3, 0.4) is 0 Å². The van der Waals surface area contributed by atoms with Crippen LogP contribution in [0.1, 0.15) is 49.1 Å². The molecule has 1 aliphatic rings. The number of hydrogen-bond donors (Lipinski definition) is 1. The molecule has 4 nitrogen and oxygen atoms in total. The molecule has 0 bridgehead atoms. The van der Waals surface area contributed by atoms with E-state index in [0.717, 1.165) is 31.0 Å². The molecule has 1 N–H and O–H groups in total. The van der Waals surface area contributed by atoms with Gasteiger partial charge in [0.2, 0.25) is 11.8 Å². The van der Waals surface area contributed by atoms with Gasteiger partial charge in [0, 0.05) is 11.7 Å². The van der Waals surface area contributed by atoms with Crippen molar-refractivity contribution in [1.29, 1.82) is 0 Å². The Bertz CT molecular complexity index is 552. The van der Waals surface area contributed by atoms with Crippen molar-refractivity contribution in [3.8, 4) is 0 Å². The van der Waals surface area contributed by atoms with Crippen molar-refractivity contribution < 1.29 is 4.42 Å². The normalized spacial score (nSPS) is 19.8. The Hall–Kier alpha value is -1.33. The molecule has 1 aliphatic heterocycles. The fourth-order valence-electron chi connectivity index (χ4n) is 2.54. The standard InChI is InChI=1S/C16H21N3OS/c1-2-9-17-14(12-6-4-3-5-7-12)16-19-18-15(20-16)13-8-10-21-11-13/h3-7,13-14,17H,2,8-11H2,1H3. The monoisotopic (exact) mass is 303 g/mol. The first-order chi connectivity index (χ1) is 10.4. The minimum atomic E-state index is -0.0125. The van der Waals surface area contributed by atoms with Crippen LogP contribution in [-0.4, -0.2) is 28.2 Å². The average Bonchev–Trinajstić information content (AvgIpc) is 3.20. The molecule has 21 heavy (non-hydrogen) atoms. The molecule has 2 aromatic rings. The smallest absolute Gasteiger partial charge is 0.237 e. The van der Waals surface area contributed by atoms with Crippen LogP contribution in [0, 0.1) is 0 Å². The lowest BCUT2D eigenvalue weighted by atomic mass is 10.1. The van der Waals surface area contributed by atoms with Gasteiger partial charge in [-0.3, -0.25) is 0 Å². The first-order valence-corrected chi connectivity index (χ1v) is 8.73. The number of aromatic nitrogens is 2. The third kappa shape index (κ3) is 3.47. The highest BCUT2D eigenvalue weighted by atomic mass is 32.2. The molecular weight excluding hydrogens is 282 g/mol. The molecule has 0 aliphatic carbocycles. The van der Waals surface area contributed by atoms with Gasteiger partial charge >= 0.3 is 0 Å². The van der Waals surface area contributed by atoms with Crippen LogP contribution >= 0.6 is 11.8 Å². The van der Waals surface area contributed by atoms with E-state index < -0.39 is 0 Å². The van der Waals surface area contributed by atoms with Crippen LogP contribution < -0.4 is 5.32 Å². The molecule has 5 heteroatoms. The maximum absolute atomic E-state index is 5.98. The highest BCUT2D eigenvalue weighted by Crippen LogP contribution is 2.32. The fraction of sp³-hybridized carbons (Fsp3) is 0.500. The summed E-state index contributed by atoms with van der Waals surface area (Å²) in [7, 11) is 0. The molecule has 0 radical (unpaired) electrons. The summed E-state index contributed by atoms with van der Waals surface area (Å²) in [6.45, 7) is 3.08. The zero-order valence-corrected chi connectivity index (χ0v) is 13.1. The average molecular weight is 303 g/mol. The molecule has 0 spiro atoms. The van der Waals surface area contributed by atoms with E-state index in [0.29, 0.717) is 11.8 Å². The van der Waals surface area contributed by atoms with Crippen LogP contribution in [-0.2, 0) is 0 Å². The second-order valence-corrected chi connectivity index (χ2v) is 6.49. The largest absolute Gasteiger partial charge is 0.423 e. The zero-order valence-electron chi connectivity index (χ0n) is 12.3. The van der Waals surface area contributed by atoms with Crippen LogP contribution in [0.5, 0.6) is 0 Å². The van der Waals surface area contributed by atoms with Crippen molar-refractivity contribution in [2.45, 2.75) is 31.7 Å². The van der Waals surface area contributed by atoms with Gasteiger partial charge in [-0.1, -0.05) is 37.3 Å². The SMILES string of the molecule is CCCNC(c1ccccc1)c1nnc(C2CCSC2)o1. The predicted octanol–water partition coefficient (Wildman–Crippen LogP) is 3.38. The van der Waals surface area contributed by atoms with E-state index in [9.17, 15) is 0 Å². The number of benzene rings is 1. The summed E-state index contributed by atoms with van der Waals surface area (Å²) < 4.78 is 5.98. The van der Waals surface area contributed by atoms with Gasteiger partial charge < -0.3 is 9.73 Å².